The molecule has 0 amide bonds. The molecule has 2 nitrogen and oxygen atoms in total. The maximum absolute atomic E-state index is 13.5. The lowest BCUT2D eigenvalue weighted by Gasteiger charge is -2.13. The molecule has 0 aliphatic rings. The Morgan fingerprint density at radius 1 is 1.16 bits per heavy atom. The van der Waals surface area contributed by atoms with E-state index in [4.69, 9.17) is 0 Å². The zero-order chi connectivity index (χ0) is 13.8. The van der Waals surface area contributed by atoms with Gasteiger partial charge in [-0.05, 0) is 43.0 Å². The molecule has 0 saturated carbocycles. The van der Waals surface area contributed by atoms with Crippen molar-refractivity contribution in [3.63, 3.8) is 0 Å². The predicted molar refractivity (Wildman–Crippen MR) is 79.2 cm³/mol. The molecule has 1 N–H and O–H groups in total. The van der Waals surface area contributed by atoms with Crippen molar-refractivity contribution in [1.29, 1.82) is 0 Å². The number of fused-ring (bicyclic) bond motifs is 1. The minimum absolute atomic E-state index is 0.220. The summed E-state index contributed by atoms with van der Waals surface area (Å²) in [5.74, 6) is 0.684. The third-order valence-corrected chi connectivity index (χ3v) is 3.25. The molecule has 0 radical (unpaired) electrons. The predicted octanol–water partition coefficient (Wildman–Crippen LogP) is 4.46. The minimum atomic E-state index is -0.220. The van der Waals surface area contributed by atoms with E-state index in [0.717, 1.165) is 48.1 Å². The van der Waals surface area contributed by atoms with Crippen LogP contribution < -0.4 is 5.32 Å². The fourth-order valence-electron chi connectivity index (χ4n) is 2.31. The number of nitrogens with one attached hydrogen (secondary N) is 1. The molecule has 3 heteroatoms. The first-order valence-corrected chi connectivity index (χ1v) is 6.99. The molecule has 0 aliphatic heterocycles. The average molecular weight is 260 g/mol. The quantitative estimate of drug-likeness (QED) is 0.858. The number of anilines is 1. The second kappa shape index (κ2) is 6.00. The third kappa shape index (κ3) is 3.03. The van der Waals surface area contributed by atoms with Crippen LogP contribution in [0, 0.1) is 12.7 Å². The molecule has 2 rings (SSSR count). The Morgan fingerprint density at radius 2 is 1.95 bits per heavy atom. The van der Waals surface area contributed by atoms with Crippen LogP contribution in [0.5, 0.6) is 0 Å². The molecule has 0 saturated heterocycles. The van der Waals surface area contributed by atoms with Crippen molar-refractivity contribution in [1.82, 2.24) is 4.98 Å². The Kier molecular flexibility index (Phi) is 4.35. The summed E-state index contributed by atoms with van der Waals surface area (Å²) in [4.78, 5) is 4.60. The number of aryl methyl sites for hydroxylation is 2. The van der Waals surface area contributed by atoms with Crippen molar-refractivity contribution in [3.8, 4) is 0 Å². The Labute approximate surface area is 114 Å². The molecule has 102 valence electrons. The SMILES string of the molecule is CCCNc1nc2cc(F)cc(C)c2cc1CCC. The van der Waals surface area contributed by atoms with Crippen LogP contribution in [0.4, 0.5) is 10.2 Å². The van der Waals surface area contributed by atoms with Crippen LogP contribution in [0.25, 0.3) is 10.9 Å². The van der Waals surface area contributed by atoms with Crippen molar-refractivity contribution in [2.45, 2.75) is 40.0 Å². The third-order valence-electron chi connectivity index (χ3n) is 3.25. The van der Waals surface area contributed by atoms with Gasteiger partial charge in [0.2, 0.25) is 0 Å². The Morgan fingerprint density at radius 3 is 2.63 bits per heavy atom. The topological polar surface area (TPSA) is 24.9 Å². The van der Waals surface area contributed by atoms with Gasteiger partial charge in [0.15, 0.2) is 0 Å². The summed E-state index contributed by atoms with van der Waals surface area (Å²) in [6.45, 7) is 7.11. The maximum Gasteiger partial charge on any atom is 0.129 e. The fourth-order valence-corrected chi connectivity index (χ4v) is 2.31. The van der Waals surface area contributed by atoms with Crippen molar-refractivity contribution >= 4 is 16.7 Å². The Balaban J connectivity index is 2.55. The monoisotopic (exact) mass is 260 g/mol. The number of nitrogens with zero attached hydrogens (tertiary/aromatic N) is 1. The molecular formula is C16H21FN2. The van der Waals surface area contributed by atoms with E-state index in [-0.39, 0.29) is 5.82 Å². The zero-order valence-electron chi connectivity index (χ0n) is 11.9. The minimum Gasteiger partial charge on any atom is -0.370 e. The summed E-state index contributed by atoms with van der Waals surface area (Å²) in [7, 11) is 0. The van der Waals surface area contributed by atoms with E-state index in [2.05, 4.69) is 30.2 Å². The van der Waals surface area contributed by atoms with Gasteiger partial charge in [-0.2, -0.15) is 0 Å². The highest BCUT2D eigenvalue weighted by atomic mass is 19.1. The first kappa shape index (κ1) is 13.8. The molecular weight excluding hydrogens is 239 g/mol. The molecule has 0 aliphatic carbocycles. The normalized spacial score (nSPS) is 10.9. The standard InChI is InChI=1S/C16H21FN2/c1-4-6-12-9-14-11(3)8-13(17)10-15(14)19-16(12)18-7-5-2/h8-10H,4-7H2,1-3H3,(H,18,19). The van der Waals surface area contributed by atoms with E-state index in [1.165, 1.54) is 11.6 Å². The van der Waals surface area contributed by atoms with Gasteiger partial charge < -0.3 is 5.32 Å². The molecule has 0 spiro atoms. The summed E-state index contributed by atoms with van der Waals surface area (Å²) in [6, 6.07) is 5.23. The van der Waals surface area contributed by atoms with Crippen LogP contribution in [-0.4, -0.2) is 11.5 Å². The van der Waals surface area contributed by atoms with E-state index >= 15 is 0 Å². The highest BCUT2D eigenvalue weighted by Crippen LogP contribution is 2.25. The number of hydrogen-bond donors (Lipinski definition) is 1. The van der Waals surface area contributed by atoms with Crippen LogP contribution in [0.3, 0.4) is 0 Å². The van der Waals surface area contributed by atoms with Gasteiger partial charge in [-0.1, -0.05) is 20.3 Å². The van der Waals surface area contributed by atoms with Gasteiger partial charge in [0.05, 0.1) is 5.52 Å². The van der Waals surface area contributed by atoms with Gasteiger partial charge in [0.25, 0.3) is 0 Å². The summed E-state index contributed by atoms with van der Waals surface area (Å²) in [5.41, 5.74) is 2.90. The van der Waals surface area contributed by atoms with E-state index in [0.29, 0.717) is 0 Å². The van der Waals surface area contributed by atoms with Gasteiger partial charge in [0.1, 0.15) is 11.6 Å². The van der Waals surface area contributed by atoms with E-state index < -0.39 is 0 Å². The highest BCUT2D eigenvalue weighted by Gasteiger charge is 2.09. The molecule has 0 fully saturated rings. The molecule has 1 aromatic carbocycles. The molecule has 0 atom stereocenters. The lowest BCUT2D eigenvalue weighted by molar-refractivity contribution is 0.628. The van der Waals surface area contributed by atoms with E-state index in [9.17, 15) is 4.39 Å². The molecule has 19 heavy (non-hydrogen) atoms. The molecule has 1 heterocycles. The first-order valence-electron chi connectivity index (χ1n) is 6.99. The van der Waals surface area contributed by atoms with E-state index in [1.807, 2.05) is 6.92 Å². The number of aromatic nitrogens is 1. The second-order valence-electron chi connectivity index (χ2n) is 4.96. The van der Waals surface area contributed by atoms with Crippen LogP contribution in [0.1, 0.15) is 37.8 Å². The summed E-state index contributed by atoms with van der Waals surface area (Å²) in [5, 5.41) is 4.39. The van der Waals surface area contributed by atoms with Gasteiger partial charge in [-0.15, -0.1) is 0 Å². The van der Waals surface area contributed by atoms with Crippen molar-refractivity contribution in [3.05, 3.63) is 35.1 Å². The number of halogens is 1. The second-order valence-corrected chi connectivity index (χ2v) is 4.96. The highest BCUT2D eigenvalue weighted by molar-refractivity contribution is 5.85. The van der Waals surface area contributed by atoms with Gasteiger partial charge in [-0.3, -0.25) is 0 Å². The first-order chi connectivity index (χ1) is 9.15. The maximum atomic E-state index is 13.5. The summed E-state index contributed by atoms with van der Waals surface area (Å²) >= 11 is 0. The van der Waals surface area contributed by atoms with Gasteiger partial charge in [0, 0.05) is 18.0 Å². The number of pyridine rings is 1. The van der Waals surface area contributed by atoms with Crippen LogP contribution in [0.15, 0.2) is 18.2 Å². The molecule has 1 aromatic heterocycles. The number of rotatable bonds is 5. The molecule has 2 aromatic rings. The summed E-state index contributed by atoms with van der Waals surface area (Å²) < 4.78 is 13.5. The van der Waals surface area contributed by atoms with Crippen molar-refractivity contribution in [2.24, 2.45) is 0 Å². The van der Waals surface area contributed by atoms with Crippen molar-refractivity contribution < 1.29 is 4.39 Å². The number of hydrogen-bond acceptors (Lipinski definition) is 2. The Bertz CT molecular complexity index is 578. The van der Waals surface area contributed by atoms with Crippen LogP contribution >= 0.6 is 0 Å². The molecule has 0 bridgehead atoms. The van der Waals surface area contributed by atoms with Crippen molar-refractivity contribution in [2.75, 3.05) is 11.9 Å². The smallest absolute Gasteiger partial charge is 0.129 e. The fraction of sp³-hybridized carbons (Fsp3) is 0.438. The zero-order valence-corrected chi connectivity index (χ0v) is 11.9. The Hall–Kier alpha value is -1.64. The average Bonchev–Trinajstić information content (AvgIpc) is 2.37. The van der Waals surface area contributed by atoms with E-state index in [1.54, 1.807) is 6.07 Å². The van der Waals surface area contributed by atoms with Gasteiger partial charge in [-0.25, -0.2) is 9.37 Å². The molecule has 0 unspecified atom stereocenters. The number of benzene rings is 1. The van der Waals surface area contributed by atoms with Gasteiger partial charge >= 0.3 is 0 Å². The largest absolute Gasteiger partial charge is 0.370 e. The van der Waals surface area contributed by atoms with Crippen LogP contribution in [0.2, 0.25) is 0 Å². The lowest BCUT2D eigenvalue weighted by atomic mass is 10.0. The van der Waals surface area contributed by atoms with Crippen LogP contribution in [-0.2, 0) is 6.42 Å². The summed E-state index contributed by atoms with van der Waals surface area (Å²) in [6.07, 6.45) is 3.12. The lowest BCUT2D eigenvalue weighted by Crippen LogP contribution is -2.06.